The molecule has 24 heavy (non-hydrogen) atoms. The lowest BCUT2D eigenvalue weighted by molar-refractivity contribution is -0.114. The summed E-state index contributed by atoms with van der Waals surface area (Å²) in [6.45, 7) is 1.01. The number of hydrogen-bond acceptors (Lipinski definition) is 4. The lowest BCUT2D eigenvalue weighted by Crippen LogP contribution is -2.21. The predicted molar refractivity (Wildman–Crippen MR) is 97.4 cm³/mol. The van der Waals surface area contributed by atoms with Crippen LogP contribution in [0.2, 0.25) is 10.0 Å². The monoisotopic (exact) mass is 368 g/mol. The van der Waals surface area contributed by atoms with Crippen LogP contribution in [0.3, 0.4) is 0 Å². The van der Waals surface area contributed by atoms with E-state index in [1.807, 2.05) is 6.07 Å². The summed E-state index contributed by atoms with van der Waals surface area (Å²) >= 11 is 12.0. The summed E-state index contributed by atoms with van der Waals surface area (Å²) in [7, 11) is 1.61. The maximum atomic E-state index is 12.0. The van der Waals surface area contributed by atoms with Gasteiger partial charge in [0.2, 0.25) is 5.91 Å². The Bertz CT molecular complexity index is 695. The fourth-order valence-electron chi connectivity index (χ4n) is 1.92. The molecule has 0 bridgehead atoms. The molecule has 0 aliphatic carbocycles. The summed E-state index contributed by atoms with van der Waals surface area (Å²) in [6.07, 6.45) is 0. The minimum absolute atomic E-state index is 0.0643. The van der Waals surface area contributed by atoms with Crippen molar-refractivity contribution >= 4 is 40.5 Å². The molecule has 128 valence electrons. The summed E-state index contributed by atoms with van der Waals surface area (Å²) in [5, 5.41) is 6.79. The van der Waals surface area contributed by atoms with Crippen LogP contribution in [0.15, 0.2) is 42.5 Å². The number of hydrogen-bond donors (Lipinski definition) is 2. The number of anilines is 2. The molecule has 0 atom stereocenters. The van der Waals surface area contributed by atoms with Crippen molar-refractivity contribution in [2.75, 3.05) is 37.5 Å². The van der Waals surface area contributed by atoms with Gasteiger partial charge in [-0.05, 0) is 30.3 Å². The van der Waals surface area contributed by atoms with Crippen molar-refractivity contribution in [3.8, 4) is 5.75 Å². The molecular weight excluding hydrogens is 351 g/mol. The molecule has 2 aromatic rings. The Morgan fingerprint density at radius 3 is 2.75 bits per heavy atom. The number of benzene rings is 2. The highest BCUT2D eigenvalue weighted by atomic mass is 35.5. The molecule has 0 spiro atoms. The van der Waals surface area contributed by atoms with Gasteiger partial charge in [-0.1, -0.05) is 29.3 Å². The van der Waals surface area contributed by atoms with E-state index in [4.69, 9.17) is 32.7 Å². The Hall–Kier alpha value is -1.95. The van der Waals surface area contributed by atoms with Crippen molar-refractivity contribution in [2.24, 2.45) is 0 Å². The normalized spacial score (nSPS) is 10.3. The van der Waals surface area contributed by atoms with Gasteiger partial charge in [0, 0.05) is 23.9 Å². The van der Waals surface area contributed by atoms with Crippen LogP contribution in [0.4, 0.5) is 11.4 Å². The molecule has 0 aliphatic rings. The molecule has 0 aromatic heterocycles. The van der Waals surface area contributed by atoms with E-state index in [2.05, 4.69) is 10.6 Å². The smallest absolute Gasteiger partial charge is 0.243 e. The van der Waals surface area contributed by atoms with Crippen LogP contribution in [-0.4, -0.2) is 32.8 Å². The average Bonchev–Trinajstić information content (AvgIpc) is 2.56. The second-order valence-corrected chi connectivity index (χ2v) is 5.74. The number of carbonyl (C=O) groups excluding carboxylic acids is 1. The molecule has 0 heterocycles. The summed E-state index contributed by atoms with van der Waals surface area (Å²) in [5.41, 5.74) is 1.25. The minimum atomic E-state index is -0.208. The molecule has 1 amide bonds. The quantitative estimate of drug-likeness (QED) is 0.689. The second-order valence-electron chi connectivity index (χ2n) is 4.89. The van der Waals surface area contributed by atoms with Gasteiger partial charge in [0.15, 0.2) is 0 Å². The topological polar surface area (TPSA) is 59.6 Å². The van der Waals surface area contributed by atoms with Crippen LogP contribution < -0.4 is 15.4 Å². The van der Waals surface area contributed by atoms with Crippen LogP contribution in [0.5, 0.6) is 5.75 Å². The first-order chi connectivity index (χ1) is 11.6. The number of carbonyl (C=O) groups is 1. The number of rotatable bonds is 8. The first kappa shape index (κ1) is 18.4. The van der Waals surface area contributed by atoms with E-state index >= 15 is 0 Å². The number of halogens is 2. The van der Waals surface area contributed by atoms with Crippen LogP contribution in [0, 0.1) is 0 Å². The Kier molecular flexibility index (Phi) is 7.18. The van der Waals surface area contributed by atoms with Crippen molar-refractivity contribution in [1.29, 1.82) is 0 Å². The third-order valence-electron chi connectivity index (χ3n) is 3.04. The van der Waals surface area contributed by atoms with Gasteiger partial charge < -0.3 is 20.1 Å². The average molecular weight is 369 g/mol. The molecular formula is C17H18Cl2N2O3. The third kappa shape index (κ3) is 5.92. The Morgan fingerprint density at radius 1 is 1.12 bits per heavy atom. The highest BCUT2D eigenvalue weighted by Crippen LogP contribution is 2.25. The van der Waals surface area contributed by atoms with E-state index in [9.17, 15) is 4.79 Å². The Labute approximate surface area is 150 Å². The second kappa shape index (κ2) is 9.37. The first-order valence-corrected chi connectivity index (χ1v) is 8.04. The van der Waals surface area contributed by atoms with E-state index in [1.165, 1.54) is 0 Å². The zero-order valence-electron chi connectivity index (χ0n) is 13.1. The highest BCUT2D eigenvalue weighted by Gasteiger charge is 2.06. The Morgan fingerprint density at radius 2 is 1.96 bits per heavy atom. The third-order valence-corrected chi connectivity index (χ3v) is 3.61. The van der Waals surface area contributed by atoms with E-state index in [0.717, 1.165) is 0 Å². The zero-order valence-corrected chi connectivity index (χ0v) is 14.7. The number of ether oxygens (including phenoxy) is 2. The van der Waals surface area contributed by atoms with Gasteiger partial charge in [-0.2, -0.15) is 0 Å². The van der Waals surface area contributed by atoms with Crippen molar-refractivity contribution in [3.05, 3.63) is 52.5 Å². The number of nitrogens with one attached hydrogen (secondary N) is 2. The van der Waals surface area contributed by atoms with Gasteiger partial charge >= 0.3 is 0 Å². The van der Waals surface area contributed by atoms with Crippen LogP contribution in [0.25, 0.3) is 0 Å². The molecule has 2 N–H and O–H groups in total. The number of amides is 1. The molecule has 0 saturated heterocycles. The zero-order chi connectivity index (χ0) is 17.4. The maximum Gasteiger partial charge on any atom is 0.243 e. The van der Waals surface area contributed by atoms with Crippen LogP contribution >= 0.6 is 23.2 Å². The van der Waals surface area contributed by atoms with Crippen molar-refractivity contribution in [1.82, 2.24) is 0 Å². The molecule has 0 saturated carbocycles. The molecule has 7 heteroatoms. The molecule has 0 fully saturated rings. The van der Waals surface area contributed by atoms with Gasteiger partial charge in [0.25, 0.3) is 0 Å². The van der Waals surface area contributed by atoms with Crippen LogP contribution in [-0.2, 0) is 9.53 Å². The largest absolute Gasteiger partial charge is 0.491 e. The lowest BCUT2D eigenvalue weighted by atomic mass is 10.3. The molecule has 0 unspecified atom stereocenters. The minimum Gasteiger partial charge on any atom is -0.491 e. The summed E-state index contributed by atoms with van der Waals surface area (Å²) in [5.74, 6) is 0.454. The van der Waals surface area contributed by atoms with Crippen molar-refractivity contribution in [2.45, 2.75) is 0 Å². The molecule has 5 nitrogen and oxygen atoms in total. The fraction of sp³-hybridized carbons (Fsp3) is 0.235. The van der Waals surface area contributed by atoms with Crippen LogP contribution in [0.1, 0.15) is 0 Å². The molecule has 0 aliphatic heterocycles. The summed E-state index contributed by atoms with van der Waals surface area (Å²) < 4.78 is 10.4. The van der Waals surface area contributed by atoms with E-state index in [-0.39, 0.29) is 12.5 Å². The van der Waals surface area contributed by atoms with E-state index in [0.29, 0.717) is 40.4 Å². The van der Waals surface area contributed by atoms with Gasteiger partial charge in [-0.3, -0.25) is 4.79 Å². The standard InChI is InChI=1S/C17H18Cl2N2O3/c1-23-7-8-24-14-4-2-3-13(10-14)21-17(22)11-20-16-9-12(18)5-6-15(16)19/h2-6,9-10,20H,7-8,11H2,1H3,(H,21,22). The predicted octanol–water partition coefficient (Wildman–Crippen LogP) is 4.07. The van der Waals surface area contributed by atoms with E-state index in [1.54, 1.807) is 43.5 Å². The molecule has 0 radical (unpaired) electrons. The van der Waals surface area contributed by atoms with Gasteiger partial charge in [0.05, 0.1) is 23.9 Å². The molecule has 2 rings (SSSR count). The summed E-state index contributed by atoms with van der Waals surface area (Å²) in [4.78, 5) is 12.0. The molecule has 2 aromatic carbocycles. The van der Waals surface area contributed by atoms with Gasteiger partial charge in [-0.25, -0.2) is 0 Å². The lowest BCUT2D eigenvalue weighted by Gasteiger charge is -2.11. The number of methoxy groups -OCH3 is 1. The fourth-order valence-corrected chi connectivity index (χ4v) is 2.28. The van der Waals surface area contributed by atoms with Crippen molar-refractivity contribution < 1.29 is 14.3 Å². The SMILES string of the molecule is COCCOc1cccc(NC(=O)CNc2cc(Cl)ccc2Cl)c1. The van der Waals surface area contributed by atoms with Gasteiger partial charge in [-0.15, -0.1) is 0 Å². The van der Waals surface area contributed by atoms with Crippen molar-refractivity contribution in [3.63, 3.8) is 0 Å². The highest BCUT2D eigenvalue weighted by molar-refractivity contribution is 6.35. The van der Waals surface area contributed by atoms with Gasteiger partial charge in [0.1, 0.15) is 12.4 Å². The summed E-state index contributed by atoms with van der Waals surface area (Å²) in [6, 6.07) is 12.2. The first-order valence-electron chi connectivity index (χ1n) is 7.29. The van der Waals surface area contributed by atoms with E-state index < -0.39 is 0 Å². The Balaban J connectivity index is 1.88. The maximum absolute atomic E-state index is 12.0.